The molecule has 11 heteroatoms. The number of hydrogen-bond acceptors (Lipinski definition) is 8. The summed E-state index contributed by atoms with van der Waals surface area (Å²) >= 11 is 0. The molecule has 2 bridgehead atoms. The Morgan fingerprint density at radius 3 is 2.37 bits per heavy atom. The molecule has 11 nitrogen and oxygen atoms in total. The minimum Gasteiger partial charge on any atom is -0.455 e. The van der Waals surface area contributed by atoms with Crippen LogP contribution >= 0.6 is 0 Å². The van der Waals surface area contributed by atoms with Gasteiger partial charge in [0, 0.05) is 26.1 Å². The lowest BCUT2D eigenvalue weighted by atomic mass is 9.70. The van der Waals surface area contributed by atoms with Crippen molar-refractivity contribution in [1.29, 1.82) is 0 Å². The molecule has 3 saturated heterocycles. The minimum absolute atomic E-state index is 0.0538. The van der Waals surface area contributed by atoms with Crippen molar-refractivity contribution in [3.8, 4) is 0 Å². The molecular formula is C41H53N3O8. The number of aliphatic hydroxyl groups is 1. The Morgan fingerprint density at radius 1 is 1.10 bits per heavy atom. The molecule has 9 atom stereocenters. The fourth-order valence-electron chi connectivity index (χ4n) is 8.49. The third-order valence-corrected chi connectivity index (χ3v) is 10.8. The molecule has 2 N–H and O–H groups in total. The Balaban J connectivity index is 1.55. The van der Waals surface area contributed by atoms with Crippen LogP contribution in [-0.4, -0.2) is 95.3 Å². The summed E-state index contributed by atoms with van der Waals surface area (Å²) in [6.07, 6.45) is 4.81. The molecule has 3 amide bonds. The van der Waals surface area contributed by atoms with Gasteiger partial charge in [-0.2, -0.15) is 0 Å². The van der Waals surface area contributed by atoms with Crippen molar-refractivity contribution in [1.82, 2.24) is 15.1 Å². The number of esters is 1. The van der Waals surface area contributed by atoms with Gasteiger partial charge in [0.25, 0.3) is 0 Å². The van der Waals surface area contributed by atoms with Crippen LogP contribution in [0.2, 0.25) is 0 Å². The Kier molecular flexibility index (Phi) is 13.1. The average Bonchev–Trinajstić information content (AvgIpc) is 3.80. The van der Waals surface area contributed by atoms with E-state index >= 15 is 0 Å². The van der Waals surface area contributed by atoms with Crippen molar-refractivity contribution in [2.45, 2.75) is 94.3 Å². The van der Waals surface area contributed by atoms with E-state index in [1.807, 2.05) is 67.6 Å². The number of nitrogens with one attached hydrogen (secondary N) is 1. The molecule has 3 aliphatic heterocycles. The Hall–Kier alpha value is -4.32. The normalized spacial score (nSPS) is 25.5. The fourth-order valence-corrected chi connectivity index (χ4v) is 8.49. The van der Waals surface area contributed by atoms with Gasteiger partial charge in [0.1, 0.15) is 17.7 Å². The predicted molar refractivity (Wildman–Crippen MR) is 196 cm³/mol. The lowest BCUT2D eigenvalue weighted by molar-refractivity contribution is -0.163. The van der Waals surface area contributed by atoms with Gasteiger partial charge in [-0.3, -0.25) is 19.2 Å². The topological polar surface area (TPSA) is 135 Å². The number of rotatable bonds is 19. The average molecular weight is 716 g/mol. The van der Waals surface area contributed by atoms with Crippen LogP contribution in [0.4, 0.5) is 0 Å². The summed E-state index contributed by atoms with van der Waals surface area (Å²) in [5, 5.41) is 13.8. The fraction of sp³-hybridized carbons (Fsp3) is 0.512. The zero-order valence-electron chi connectivity index (χ0n) is 30.5. The number of carbonyl (C=O) groups is 4. The second-order valence-corrected chi connectivity index (χ2v) is 14.1. The summed E-state index contributed by atoms with van der Waals surface area (Å²) in [4.78, 5) is 60.6. The Labute approximate surface area is 307 Å². The van der Waals surface area contributed by atoms with Crippen LogP contribution in [0.1, 0.15) is 75.6 Å². The van der Waals surface area contributed by atoms with E-state index in [1.165, 1.54) is 12.0 Å². The number of amides is 3. The molecule has 3 heterocycles. The molecule has 5 rings (SSSR count). The van der Waals surface area contributed by atoms with Gasteiger partial charge >= 0.3 is 5.97 Å². The number of allylic oxidation sites excluding steroid dienone is 1. The maximum atomic E-state index is 14.9. The quantitative estimate of drug-likeness (QED) is 0.158. The lowest BCUT2D eigenvalue weighted by Gasteiger charge is -2.41. The number of benzene rings is 2. The second-order valence-electron chi connectivity index (χ2n) is 14.1. The molecule has 3 fully saturated rings. The van der Waals surface area contributed by atoms with E-state index < -0.39 is 66.3 Å². The molecule has 0 radical (unpaired) electrons. The van der Waals surface area contributed by atoms with E-state index in [1.54, 1.807) is 17.1 Å². The summed E-state index contributed by atoms with van der Waals surface area (Å²) in [7, 11) is 1.50. The summed E-state index contributed by atoms with van der Waals surface area (Å²) in [5.41, 5.74) is -0.0114. The SMILES string of the molecule is C=CCCC(=O)N[C@@H](COC)[C@@H](OC(=O)[C@@H]1[C@@H]2CC[C@]3(O2)[C@H](C(=O)N(CC=C)C(C)CCC)N([C@H](CO)c2ccccc2)C(=O)[C@@H]13)c1ccccc1. The molecule has 52 heavy (non-hydrogen) atoms. The van der Waals surface area contributed by atoms with Gasteiger partial charge in [0.15, 0.2) is 0 Å². The number of fused-ring (bicyclic) bond motifs is 1. The van der Waals surface area contributed by atoms with Crippen molar-refractivity contribution in [2.24, 2.45) is 11.8 Å². The van der Waals surface area contributed by atoms with Crippen molar-refractivity contribution >= 4 is 23.7 Å². The van der Waals surface area contributed by atoms with Gasteiger partial charge in [0.2, 0.25) is 17.7 Å². The van der Waals surface area contributed by atoms with Crippen LogP contribution in [-0.2, 0) is 33.4 Å². The van der Waals surface area contributed by atoms with E-state index in [9.17, 15) is 24.3 Å². The second kappa shape index (κ2) is 17.5. The van der Waals surface area contributed by atoms with Crippen LogP contribution in [0.25, 0.3) is 0 Å². The van der Waals surface area contributed by atoms with Gasteiger partial charge in [-0.25, -0.2) is 0 Å². The highest BCUT2D eigenvalue weighted by molar-refractivity contribution is 5.98. The number of ether oxygens (including phenoxy) is 3. The summed E-state index contributed by atoms with van der Waals surface area (Å²) in [6.45, 7) is 11.5. The predicted octanol–water partition coefficient (Wildman–Crippen LogP) is 4.68. The van der Waals surface area contributed by atoms with Crippen molar-refractivity contribution in [2.75, 3.05) is 26.9 Å². The summed E-state index contributed by atoms with van der Waals surface area (Å²) < 4.78 is 18.6. The number of likely N-dealkylation sites (tertiary alicyclic amines) is 1. The highest BCUT2D eigenvalue weighted by Gasteiger charge is 2.76. The molecule has 1 unspecified atom stereocenters. The van der Waals surface area contributed by atoms with E-state index in [-0.39, 0.29) is 37.4 Å². The molecule has 0 saturated carbocycles. The molecule has 0 aromatic heterocycles. The van der Waals surface area contributed by atoms with Gasteiger partial charge < -0.3 is 34.4 Å². The highest BCUT2D eigenvalue weighted by Crippen LogP contribution is 2.60. The number of methoxy groups -OCH3 is 1. The van der Waals surface area contributed by atoms with E-state index in [2.05, 4.69) is 25.4 Å². The Bertz CT molecular complexity index is 1570. The molecule has 3 aliphatic rings. The number of hydrogen-bond donors (Lipinski definition) is 2. The number of aliphatic hydroxyl groups excluding tert-OH is 1. The van der Waals surface area contributed by atoms with E-state index in [0.717, 1.165) is 12.8 Å². The Morgan fingerprint density at radius 2 is 1.77 bits per heavy atom. The standard InChI is InChI=1S/C41H53N3O8/c1-6-9-21-33(46)42-30(26-50-5)36(29-19-14-11-15-20-29)51-40(49)34-32-22-23-41(52-32)35(34)38(47)44(31(25-45)28-17-12-10-13-18-28)37(41)39(48)43(24-8-3)27(4)16-7-2/h6,8,10-15,17-20,27,30-32,34-37,45H,1,3,7,9,16,21-26H2,2,4-5H3,(H,42,46)/t27?,30-,31+,32-,34+,35+,36-,37-,41+/m0/s1. The lowest BCUT2D eigenvalue weighted by Crippen LogP contribution is -2.58. The maximum Gasteiger partial charge on any atom is 0.313 e. The van der Waals surface area contributed by atoms with Gasteiger partial charge in [0.05, 0.1) is 43.2 Å². The van der Waals surface area contributed by atoms with Crippen LogP contribution in [0, 0.1) is 11.8 Å². The van der Waals surface area contributed by atoms with E-state index in [4.69, 9.17) is 14.2 Å². The molecule has 2 aromatic rings. The zero-order chi connectivity index (χ0) is 37.4. The van der Waals surface area contributed by atoms with Crippen LogP contribution in [0.3, 0.4) is 0 Å². The zero-order valence-corrected chi connectivity index (χ0v) is 30.5. The van der Waals surface area contributed by atoms with Crippen molar-refractivity contribution in [3.05, 3.63) is 97.1 Å². The third-order valence-electron chi connectivity index (χ3n) is 10.8. The first kappa shape index (κ1) is 38.9. The number of nitrogens with zero attached hydrogens (tertiary/aromatic N) is 2. The first-order chi connectivity index (χ1) is 25.2. The van der Waals surface area contributed by atoms with Crippen molar-refractivity contribution < 1.29 is 38.5 Å². The van der Waals surface area contributed by atoms with Crippen LogP contribution in [0.5, 0.6) is 0 Å². The van der Waals surface area contributed by atoms with E-state index in [0.29, 0.717) is 30.4 Å². The van der Waals surface area contributed by atoms with Crippen LogP contribution < -0.4 is 5.32 Å². The smallest absolute Gasteiger partial charge is 0.313 e. The third kappa shape index (κ3) is 7.58. The molecule has 2 aromatic carbocycles. The molecule has 1 spiro atoms. The van der Waals surface area contributed by atoms with Gasteiger partial charge in [-0.1, -0.05) is 86.2 Å². The van der Waals surface area contributed by atoms with Crippen LogP contribution in [0.15, 0.2) is 86.0 Å². The molecule has 0 aliphatic carbocycles. The monoisotopic (exact) mass is 715 g/mol. The first-order valence-electron chi connectivity index (χ1n) is 18.4. The first-order valence-corrected chi connectivity index (χ1v) is 18.4. The highest BCUT2D eigenvalue weighted by atomic mass is 16.6. The molecule has 280 valence electrons. The van der Waals surface area contributed by atoms with Gasteiger partial charge in [-0.15, -0.1) is 13.2 Å². The minimum atomic E-state index is -1.32. The molecular weight excluding hydrogens is 662 g/mol. The maximum absolute atomic E-state index is 14.9. The summed E-state index contributed by atoms with van der Waals surface area (Å²) in [5.74, 6) is -3.70. The summed E-state index contributed by atoms with van der Waals surface area (Å²) in [6, 6.07) is 15.4. The van der Waals surface area contributed by atoms with Crippen molar-refractivity contribution in [3.63, 3.8) is 0 Å². The van der Waals surface area contributed by atoms with Gasteiger partial charge in [-0.05, 0) is 43.7 Å². The number of carbonyl (C=O) groups excluding carboxylic acids is 4. The largest absolute Gasteiger partial charge is 0.455 e.